The van der Waals surface area contributed by atoms with Gasteiger partial charge in [0.1, 0.15) is 5.75 Å². The van der Waals surface area contributed by atoms with Crippen molar-refractivity contribution in [2.24, 2.45) is 0 Å². The Hall–Kier alpha value is -2.92. The summed E-state index contributed by atoms with van der Waals surface area (Å²) < 4.78 is 12.4. The highest BCUT2D eigenvalue weighted by Gasteiger charge is 2.40. The predicted octanol–water partition coefficient (Wildman–Crippen LogP) is 4.07. The molecule has 0 saturated carbocycles. The van der Waals surface area contributed by atoms with Crippen LogP contribution in [0, 0.1) is 6.92 Å². The molecule has 3 heterocycles. The molecule has 5 heteroatoms. The van der Waals surface area contributed by atoms with Crippen LogP contribution in [0.1, 0.15) is 24.0 Å². The number of fused-ring (bicyclic) bond motifs is 2. The molecule has 1 aromatic heterocycles. The maximum absolute atomic E-state index is 11.0. The molecule has 0 N–H and O–H groups in total. The fourth-order valence-corrected chi connectivity index (χ4v) is 4.19. The molecule has 142 valence electrons. The maximum atomic E-state index is 11.0. The van der Waals surface area contributed by atoms with Gasteiger partial charge in [0.2, 0.25) is 12.2 Å². The minimum Gasteiger partial charge on any atom is -0.462 e. The lowest BCUT2D eigenvalue weighted by atomic mass is 9.96. The fraction of sp³-hybridized carbons (Fsp3) is 0.304. The first kappa shape index (κ1) is 17.2. The lowest BCUT2D eigenvalue weighted by Crippen LogP contribution is -2.50. The van der Waals surface area contributed by atoms with Crippen molar-refractivity contribution in [3.05, 3.63) is 59.8 Å². The largest absolute Gasteiger partial charge is 0.462 e. The second-order valence-electron chi connectivity index (χ2n) is 7.58. The van der Waals surface area contributed by atoms with Gasteiger partial charge in [-0.25, -0.2) is 0 Å². The standard InChI is InChI=1S/C23H22N2O3/c1-16-19-4-2-3-5-21(19)24-13-20(16)17-6-7-22-18(12-17)14-27-23(28-22)8-10-25(15-26)11-9-23/h2-7,12-13,15H,8-11,14H2,1H3. The van der Waals surface area contributed by atoms with Crippen molar-refractivity contribution >= 4 is 17.3 Å². The number of pyridine rings is 1. The number of benzene rings is 2. The average molecular weight is 374 g/mol. The van der Waals surface area contributed by atoms with E-state index in [0.29, 0.717) is 32.5 Å². The van der Waals surface area contributed by atoms with Crippen LogP contribution >= 0.6 is 0 Å². The number of carbonyl (C=O) groups excluding carboxylic acids is 1. The van der Waals surface area contributed by atoms with Gasteiger partial charge in [-0.2, -0.15) is 0 Å². The molecule has 0 bridgehead atoms. The molecule has 2 aromatic carbocycles. The van der Waals surface area contributed by atoms with Crippen LogP contribution in [0.15, 0.2) is 48.7 Å². The number of piperidine rings is 1. The van der Waals surface area contributed by atoms with E-state index in [0.717, 1.165) is 34.4 Å². The lowest BCUT2D eigenvalue weighted by Gasteiger charge is -2.43. The van der Waals surface area contributed by atoms with E-state index in [2.05, 4.69) is 30.1 Å². The summed E-state index contributed by atoms with van der Waals surface area (Å²) in [5.41, 5.74) is 5.53. The zero-order valence-electron chi connectivity index (χ0n) is 15.9. The van der Waals surface area contributed by atoms with Crippen molar-refractivity contribution in [3.63, 3.8) is 0 Å². The van der Waals surface area contributed by atoms with Crippen LogP contribution in [0.2, 0.25) is 0 Å². The highest BCUT2D eigenvalue weighted by molar-refractivity contribution is 5.88. The third kappa shape index (κ3) is 2.83. The van der Waals surface area contributed by atoms with Crippen LogP contribution in [0.5, 0.6) is 5.75 Å². The molecule has 0 unspecified atom stereocenters. The number of amides is 1. The Morgan fingerprint density at radius 2 is 1.96 bits per heavy atom. The number of rotatable bonds is 2. The summed E-state index contributed by atoms with van der Waals surface area (Å²) in [5, 5.41) is 1.17. The first-order valence-corrected chi connectivity index (χ1v) is 9.67. The van der Waals surface area contributed by atoms with Crippen LogP contribution in [0.25, 0.3) is 22.0 Å². The number of ether oxygens (including phenoxy) is 2. The molecule has 0 atom stereocenters. The average Bonchev–Trinajstić information content (AvgIpc) is 2.75. The third-order valence-electron chi connectivity index (χ3n) is 5.91. The molecule has 0 radical (unpaired) electrons. The first-order valence-electron chi connectivity index (χ1n) is 9.67. The number of hydrogen-bond donors (Lipinski definition) is 0. The van der Waals surface area contributed by atoms with Gasteiger partial charge in [0.05, 0.1) is 12.1 Å². The summed E-state index contributed by atoms with van der Waals surface area (Å²) in [6.07, 6.45) is 4.23. The number of likely N-dealkylation sites (tertiary alicyclic amines) is 1. The summed E-state index contributed by atoms with van der Waals surface area (Å²) in [5.74, 6) is 0.273. The Morgan fingerprint density at radius 1 is 1.14 bits per heavy atom. The van der Waals surface area contributed by atoms with Crippen LogP contribution in [-0.4, -0.2) is 35.2 Å². The van der Waals surface area contributed by atoms with E-state index < -0.39 is 5.79 Å². The van der Waals surface area contributed by atoms with E-state index in [1.165, 1.54) is 10.9 Å². The van der Waals surface area contributed by atoms with Crippen molar-refractivity contribution < 1.29 is 14.3 Å². The van der Waals surface area contributed by atoms with Crippen LogP contribution < -0.4 is 4.74 Å². The van der Waals surface area contributed by atoms with E-state index in [9.17, 15) is 4.79 Å². The van der Waals surface area contributed by atoms with E-state index in [-0.39, 0.29) is 0 Å². The zero-order valence-corrected chi connectivity index (χ0v) is 15.9. The predicted molar refractivity (Wildman–Crippen MR) is 107 cm³/mol. The van der Waals surface area contributed by atoms with Crippen LogP contribution in [0.4, 0.5) is 0 Å². The van der Waals surface area contributed by atoms with Gasteiger partial charge in [0.15, 0.2) is 0 Å². The van der Waals surface area contributed by atoms with Crippen molar-refractivity contribution in [3.8, 4) is 16.9 Å². The van der Waals surface area contributed by atoms with Gasteiger partial charge in [-0.15, -0.1) is 0 Å². The van der Waals surface area contributed by atoms with Crippen LogP contribution in [-0.2, 0) is 16.1 Å². The summed E-state index contributed by atoms with van der Waals surface area (Å²) in [6, 6.07) is 14.5. The minimum atomic E-state index is -0.603. The number of aromatic nitrogens is 1. The quantitative estimate of drug-likeness (QED) is 0.635. The highest BCUT2D eigenvalue weighted by atomic mass is 16.7. The van der Waals surface area contributed by atoms with Gasteiger partial charge < -0.3 is 14.4 Å². The Kier molecular flexibility index (Phi) is 4.05. The number of para-hydroxylation sites is 1. The summed E-state index contributed by atoms with van der Waals surface area (Å²) >= 11 is 0. The third-order valence-corrected chi connectivity index (χ3v) is 5.91. The van der Waals surface area contributed by atoms with Crippen molar-refractivity contribution in [2.75, 3.05) is 13.1 Å². The van der Waals surface area contributed by atoms with Gasteiger partial charge in [-0.05, 0) is 36.2 Å². The smallest absolute Gasteiger partial charge is 0.214 e. The van der Waals surface area contributed by atoms with Gasteiger partial charge in [-0.3, -0.25) is 9.78 Å². The monoisotopic (exact) mass is 374 g/mol. The highest BCUT2D eigenvalue weighted by Crippen LogP contribution is 2.39. The van der Waals surface area contributed by atoms with Crippen molar-refractivity contribution in [1.29, 1.82) is 0 Å². The summed E-state index contributed by atoms with van der Waals surface area (Å²) in [6.45, 7) is 3.99. The van der Waals surface area contributed by atoms with Gasteiger partial charge in [-0.1, -0.05) is 24.3 Å². The van der Waals surface area contributed by atoms with E-state index in [1.807, 2.05) is 30.5 Å². The Bertz CT molecular complexity index is 1050. The van der Waals surface area contributed by atoms with Crippen molar-refractivity contribution in [2.45, 2.75) is 32.2 Å². The van der Waals surface area contributed by atoms with Gasteiger partial charge in [0.25, 0.3) is 0 Å². The molecule has 0 aliphatic carbocycles. The van der Waals surface area contributed by atoms with E-state index in [1.54, 1.807) is 4.90 Å². The molecule has 3 aromatic rings. The molecule has 1 saturated heterocycles. The topological polar surface area (TPSA) is 51.7 Å². The molecule has 1 spiro atoms. The molecule has 5 rings (SSSR count). The second-order valence-corrected chi connectivity index (χ2v) is 7.58. The number of nitrogens with zero attached hydrogens (tertiary/aromatic N) is 2. The van der Waals surface area contributed by atoms with E-state index >= 15 is 0 Å². The fourth-order valence-electron chi connectivity index (χ4n) is 4.19. The molecule has 2 aliphatic rings. The Labute approximate surface area is 163 Å². The maximum Gasteiger partial charge on any atom is 0.214 e. The van der Waals surface area contributed by atoms with Gasteiger partial charge >= 0.3 is 0 Å². The molecule has 5 nitrogen and oxygen atoms in total. The molecule has 1 amide bonds. The Balaban J connectivity index is 1.45. The molecular formula is C23H22N2O3. The number of carbonyl (C=O) groups is 1. The van der Waals surface area contributed by atoms with Gasteiger partial charge in [0, 0.05) is 48.6 Å². The first-order chi connectivity index (χ1) is 13.7. The van der Waals surface area contributed by atoms with Crippen molar-refractivity contribution in [1.82, 2.24) is 9.88 Å². The summed E-state index contributed by atoms with van der Waals surface area (Å²) in [7, 11) is 0. The second kappa shape index (κ2) is 6.60. The molecule has 1 fully saturated rings. The lowest BCUT2D eigenvalue weighted by molar-refractivity contribution is -0.226. The van der Waals surface area contributed by atoms with Crippen LogP contribution in [0.3, 0.4) is 0 Å². The van der Waals surface area contributed by atoms with E-state index in [4.69, 9.17) is 9.47 Å². The normalized spacial score (nSPS) is 18.0. The Morgan fingerprint density at radius 3 is 2.79 bits per heavy atom. The molecule has 2 aliphatic heterocycles. The minimum absolute atomic E-state index is 0.518. The number of aryl methyl sites for hydroxylation is 1. The molecular weight excluding hydrogens is 352 g/mol. The molecule has 28 heavy (non-hydrogen) atoms. The zero-order chi connectivity index (χ0) is 19.1. The SMILES string of the molecule is Cc1c(-c2ccc3c(c2)COC2(CCN(C=O)CC2)O3)cnc2ccccc12. The summed E-state index contributed by atoms with van der Waals surface area (Å²) in [4.78, 5) is 17.3. The number of hydrogen-bond acceptors (Lipinski definition) is 4.